The molecule has 0 saturated heterocycles. The second kappa shape index (κ2) is 9.30. The Bertz CT molecular complexity index is 888. The Kier molecular flexibility index (Phi) is 6.69. The summed E-state index contributed by atoms with van der Waals surface area (Å²) in [6.45, 7) is 7.31. The van der Waals surface area contributed by atoms with Crippen molar-refractivity contribution in [2.45, 2.75) is 75.4 Å². The Hall–Kier alpha value is -1.90. The van der Waals surface area contributed by atoms with Gasteiger partial charge < -0.3 is 4.74 Å². The van der Waals surface area contributed by atoms with Gasteiger partial charge in [0, 0.05) is 28.7 Å². The van der Waals surface area contributed by atoms with E-state index < -0.39 is 0 Å². The highest BCUT2D eigenvalue weighted by molar-refractivity contribution is 6.17. The van der Waals surface area contributed by atoms with E-state index in [1.54, 1.807) is 0 Å². The summed E-state index contributed by atoms with van der Waals surface area (Å²) in [7, 11) is 1.18. The Morgan fingerprint density at radius 1 is 0.742 bits per heavy atom. The van der Waals surface area contributed by atoms with Gasteiger partial charge in [-0.2, -0.15) is 0 Å². The lowest BCUT2D eigenvalue weighted by atomic mass is 9.73. The molecule has 0 bridgehead atoms. The van der Waals surface area contributed by atoms with Gasteiger partial charge >= 0.3 is 0 Å². The van der Waals surface area contributed by atoms with Crippen molar-refractivity contribution in [1.29, 1.82) is 0 Å². The SMILES string of the molecule is CC(C)(C)OCCCCCCC([SiH3])(C1C=Cc2ccccc21)C1C=Cc2ccccc21. The zero-order valence-corrected chi connectivity index (χ0v) is 21.7. The first kappa shape index (κ1) is 22.3. The number of allylic oxidation sites excluding steroid dienone is 2. The van der Waals surface area contributed by atoms with E-state index in [1.165, 1.54) is 64.6 Å². The van der Waals surface area contributed by atoms with E-state index in [9.17, 15) is 0 Å². The molecule has 0 amide bonds. The molecule has 0 radical (unpaired) electrons. The van der Waals surface area contributed by atoms with E-state index >= 15 is 0 Å². The van der Waals surface area contributed by atoms with Crippen LogP contribution in [0.1, 0.15) is 87.0 Å². The van der Waals surface area contributed by atoms with E-state index in [0.29, 0.717) is 16.9 Å². The van der Waals surface area contributed by atoms with Gasteiger partial charge in [-0.3, -0.25) is 0 Å². The molecule has 2 aromatic rings. The number of rotatable bonds is 9. The average Bonchev–Trinajstić information content (AvgIpc) is 3.37. The maximum atomic E-state index is 5.91. The summed E-state index contributed by atoms with van der Waals surface area (Å²) in [6.07, 6.45) is 16.1. The van der Waals surface area contributed by atoms with E-state index in [-0.39, 0.29) is 5.60 Å². The van der Waals surface area contributed by atoms with Crippen molar-refractivity contribution in [3.63, 3.8) is 0 Å². The van der Waals surface area contributed by atoms with Crippen LogP contribution < -0.4 is 0 Å². The Morgan fingerprint density at radius 3 is 1.81 bits per heavy atom. The van der Waals surface area contributed by atoms with Crippen molar-refractivity contribution >= 4 is 22.4 Å². The predicted octanol–water partition coefficient (Wildman–Crippen LogP) is 6.90. The molecule has 0 heterocycles. The van der Waals surface area contributed by atoms with E-state index in [1.807, 2.05) is 0 Å². The van der Waals surface area contributed by atoms with E-state index in [4.69, 9.17) is 4.74 Å². The van der Waals surface area contributed by atoms with Crippen molar-refractivity contribution in [1.82, 2.24) is 0 Å². The van der Waals surface area contributed by atoms with Crippen molar-refractivity contribution in [3.8, 4) is 0 Å². The normalized spacial score (nSPS) is 21.3. The first-order valence-corrected chi connectivity index (χ1v) is 13.1. The second-order valence-electron chi connectivity index (χ2n) is 10.6. The van der Waals surface area contributed by atoms with Gasteiger partial charge in [0.25, 0.3) is 0 Å². The summed E-state index contributed by atoms with van der Waals surface area (Å²) in [5.74, 6) is 1.06. The molecule has 31 heavy (non-hydrogen) atoms. The van der Waals surface area contributed by atoms with Crippen LogP contribution in [0.5, 0.6) is 0 Å². The summed E-state index contributed by atoms with van der Waals surface area (Å²) in [5.41, 5.74) is 5.89. The topological polar surface area (TPSA) is 9.23 Å². The minimum atomic E-state index is -0.0193. The third-order valence-electron chi connectivity index (χ3n) is 7.16. The van der Waals surface area contributed by atoms with Crippen LogP contribution in [0.2, 0.25) is 5.04 Å². The maximum Gasteiger partial charge on any atom is 0.0598 e. The standard InChI is InChI=1S/C29H38OSi/c1-28(2,3)30-21-11-5-4-10-20-29(31,26-18-16-22-12-6-8-14-24(22)26)27-19-17-23-13-7-9-15-25(23)27/h6-9,12-19,26-27H,4-5,10-11,20-21H2,1-3,31H3. The molecule has 4 rings (SSSR count). The molecule has 0 aromatic heterocycles. The molecule has 2 aliphatic carbocycles. The van der Waals surface area contributed by atoms with Crippen LogP contribution >= 0.6 is 0 Å². The highest BCUT2D eigenvalue weighted by atomic mass is 28.1. The van der Waals surface area contributed by atoms with Gasteiger partial charge in [0.05, 0.1) is 5.60 Å². The van der Waals surface area contributed by atoms with Crippen LogP contribution in [0, 0.1) is 0 Å². The molecule has 0 fully saturated rings. The molecule has 0 saturated carbocycles. The monoisotopic (exact) mass is 430 g/mol. The molecule has 0 aliphatic heterocycles. The summed E-state index contributed by atoms with van der Waals surface area (Å²) < 4.78 is 5.91. The summed E-state index contributed by atoms with van der Waals surface area (Å²) in [5, 5.41) is 0.314. The van der Waals surface area contributed by atoms with Crippen LogP contribution in [0.25, 0.3) is 12.2 Å². The third-order valence-corrected chi connectivity index (χ3v) is 8.91. The lowest BCUT2D eigenvalue weighted by Crippen LogP contribution is -2.27. The average molecular weight is 431 g/mol. The molecular formula is C29H38OSi. The first-order valence-electron chi connectivity index (χ1n) is 12.1. The second-order valence-corrected chi connectivity index (χ2v) is 12.4. The fourth-order valence-corrected chi connectivity index (χ4v) is 6.85. The van der Waals surface area contributed by atoms with Crippen molar-refractivity contribution in [2.24, 2.45) is 0 Å². The maximum absolute atomic E-state index is 5.91. The molecular weight excluding hydrogens is 392 g/mol. The molecule has 164 valence electrons. The van der Waals surface area contributed by atoms with Crippen LogP contribution in [-0.4, -0.2) is 22.5 Å². The van der Waals surface area contributed by atoms with Crippen LogP contribution in [0.3, 0.4) is 0 Å². The molecule has 2 heteroatoms. The zero-order valence-electron chi connectivity index (χ0n) is 19.7. The molecule has 2 aromatic carbocycles. The Morgan fingerprint density at radius 2 is 1.26 bits per heavy atom. The number of unbranched alkanes of at least 4 members (excludes halogenated alkanes) is 3. The number of hydrogen-bond acceptors (Lipinski definition) is 1. The lowest BCUT2D eigenvalue weighted by molar-refractivity contribution is -0.00476. The third kappa shape index (κ3) is 4.96. The van der Waals surface area contributed by atoms with Gasteiger partial charge in [-0.25, -0.2) is 0 Å². The van der Waals surface area contributed by atoms with Crippen molar-refractivity contribution in [3.05, 3.63) is 82.9 Å². The molecule has 2 atom stereocenters. The van der Waals surface area contributed by atoms with Crippen LogP contribution in [0.15, 0.2) is 60.7 Å². The fraction of sp³-hybridized carbons (Fsp3) is 0.448. The predicted molar refractivity (Wildman–Crippen MR) is 138 cm³/mol. The molecule has 2 aliphatic rings. The van der Waals surface area contributed by atoms with Gasteiger partial charge in [0.1, 0.15) is 0 Å². The number of ether oxygens (including phenoxy) is 1. The highest BCUT2D eigenvalue weighted by Gasteiger charge is 2.43. The number of benzene rings is 2. The fourth-order valence-electron chi connectivity index (χ4n) is 5.49. The summed E-state index contributed by atoms with van der Waals surface area (Å²) >= 11 is 0. The summed E-state index contributed by atoms with van der Waals surface area (Å²) in [4.78, 5) is 0. The van der Waals surface area contributed by atoms with Gasteiger partial charge in [0.2, 0.25) is 0 Å². The van der Waals surface area contributed by atoms with Gasteiger partial charge in [-0.05, 0) is 60.9 Å². The van der Waals surface area contributed by atoms with E-state index in [0.717, 1.165) is 6.61 Å². The van der Waals surface area contributed by atoms with Crippen LogP contribution in [-0.2, 0) is 4.74 Å². The largest absolute Gasteiger partial charge is 0.376 e. The molecule has 2 unspecified atom stereocenters. The quantitative estimate of drug-likeness (QED) is 0.311. The van der Waals surface area contributed by atoms with Gasteiger partial charge in [-0.15, -0.1) is 0 Å². The number of hydrogen-bond donors (Lipinski definition) is 0. The smallest absolute Gasteiger partial charge is 0.0598 e. The Labute approximate surface area is 192 Å². The minimum absolute atomic E-state index is 0.0193. The first-order chi connectivity index (χ1) is 14.9. The Balaban J connectivity index is 1.47. The van der Waals surface area contributed by atoms with Crippen LogP contribution in [0.4, 0.5) is 0 Å². The lowest BCUT2D eigenvalue weighted by Gasteiger charge is -2.41. The van der Waals surface area contributed by atoms with Crippen molar-refractivity contribution in [2.75, 3.05) is 6.61 Å². The van der Waals surface area contributed by atoms with Gasteiger partial charge in [-0.1, -0.05) is 92.1 Å². The van der Waals surface area contributed by atoms with E-state index in [2.05, 4.69) is 93.6 Å². The van der Waals surface area contributed by atoms with Crippen molar-refractivity contribution < 1.29 is 4.74 Å². The molecule has 1 nitrogen and oxygen atoms in total. The number of fused-ring (bicyclic) bond motifs is 2. The zero-order chi connectivity index (χ0) is 21.9. The van der Waals surface area contributed by atoms with Gasteiger partial charge in [0.15, 0.2) is 0 Å². The minimum Gasteiger partial charge on any atom is -0.376 e. The highest BCUT2D eigenvalue weighted by Crippen LogP contribution is 2.59. The molecule has 0 N–H and O–H groups in total. The molecule has 0 spiro atoms. The summed E-state index contributed by atoms with van der Waals surface area (Å²) in [6, 6.07) is 18.1.